The molecule has 0 bridgehead atoms. The number of hydrogen-bond acceptors (Lipinski definition) is 7. The van der Waals surface area contributed by atoms with Crippen molar-refractivity contribution in [2.75, 3.05) is 40.3 Å². The molecule has 4 N–H and O–H groups in total. The molecule has 45 heavy (non-hydrogen) atoms. The molecule has 1 heterocycles. The van der Waals surface area contributed by atoms with Gasteiger partial charge in [-0.1, -0.05) is 52.8 Å². The third-order valence-corrected chi connectivity index (χ3v) is 7.92. The highest BCUT2D eigenvalue weighted by atomic mass is 16.2. The molecular formula is C33H52N6O6. The Labute approximate surface area is 267 Å². The van der Waals surface area contributed by atoms with Gasteiger partial charge < -0.3 is 31.1 Å². The molecule has 0 aliphatic carbocycles. The van der Waals surface area contributed by atoms with Gasteiger partial charge in [0.05, 0.1) is 12.6 Å². The number of likely N-dealkylation sites (tertiary alicyclic amines) is 1. The van der Waals surface area contributed by atoms with Crippen LogP contribution in [0.4, 0.5) is 0 Å². The Hall–Kier alpha value is -3.80. The van der Waals surface area contributed by atoms with E-state index in [1.807, 2.05) is 14.1 Å². The minimum atomic E-state index is -1.17. The highest BCUT2D eigenvalue weighted by molar-refractivity contribution is 6.38. The molecule has 1 aliphatic heterocycles. The van der Waals surface area contributed by atoms with Crippen LogP contribution < -0.4 is 21.3 Å². The predicted molar refractivity (Wildman–Crippen MR) is 172 cm³/mol. The molecule has 0 saturated carbocycles. The van der Waals surface area contributed by atoms with E-state index in [2.05, 4.69) is 26.2 Å². The lowest BCUT2D eigenvalue weighted by molar-refractivity contribution is -0.142. The standard InChI is InChI=1S/C33H52N6O6/c1-21(2)26(27(41)31(44)34-19-25(40)39-18-16-23(20-39)13-12-17-38(7)8)36-29(42)22(3)35-32(45)28(33(4,5)6)37-30(43)24-14-10-9-11-15-24/h9-11,14-15,21-23,26,28H,12-13,16-20H2,1-8H3,(H,34,44)(H,35,45)(H,36,42)(H,37,43)/t22-,23?,26-,28+/m0/s1. The maximum absolute atomic E-state index is 13.2. The third-order valence-electron chi connectivity index (χ3n) is 7.92. The minimum Gasteiger partial charge on any atom is -0.344 e. The summed E-state index contributed by atoms with van der Waals surface area (Å²) in [5.41, 5.74) is -0.289. The van der Waals surface area contributed by atoms with Crippen LogP contribution in [-0.2, 0) is 24.0 Å². The van der Waals surface area contributed by atoms with Crippen LogP contribution >= 0.6 is 0 Å². The number of nitrogens with zero attached hydrogens (tertiary/aromatic N) is 2. The van der Waals surface area contributed by atoms with Gasteiger partial charge in [0.15, 0.2) is 0 Å². The van der Waals surface area contributed by atoms with Crippen LogP contribution in [-0.4, -0.2) is 104 Å². The monoisotopic (exact) mass is 628 g/mol. The third kappa shape index (κ3) is 11.9. The number of Topliss-reactive ketones (excluding diaryl/α,β-unsaturated/α-hetero) is 1. The van der Waals surface area contributed by atoms with Crippen LogP contribution in [0.25, 0.3) is 0 Å². The summed E-state index contributed by atoms with van der Waals surface area (Å²) in [7, 11) is 4.06. The molecule has 0 radical (unpaired) electrons. The average molecular weight is 629 g/mol. The Kier molecular flexibility index (Phi) is 14.2. The first-order chi connectivity index (χ1) is 21.0. The molecule has 1 unspecified atom stereocenters. The normalized spacial score (nSPS) is 16.9. The summed E-state index contributed by atoms with van der Waals surface area (Å²) in [5.74, 6) is -3.78. The van der Waals surface area contributed by atoms with Gasteiger partial charge in [0, 0.05) is 18.7 Å². The Morgan fingerprint density at radius 1 is 0.933 bits per heavy atom. The topological polar surface area (TPSA) is 157 Å². The molecule has 0 aromatic heterocycles. The maximum atomic E-state index is 13.2. The number of carbonyl (C=O) groups excluding carboxylic acids is 6. The fourth-order valence-corrected chi connectivity index (χ4v) is 5.14. The molecule has 1 fully saturated rings. The molecule has 12 nitrogen and oxygen atoms in total. The largest absolute Gasteiger partial charge is 0.344 e. The molecule has 12 heteroatoms. The zero-order valence-corrected chi connectivity index (χ0v) is 28.1. The minimum absolute atomic E-state index is 0.250. The van der Waals surface area contributed by atoms with E-state index in [1.165, 1.54) is 6.92 Å². The van der Waals surface area contributed by atoms with Crippen molar-refractivity contribution < 1.29 is 28.8 Å². The highest BCUT2D eigenvalue weighted by Crippen LogP contribution is 2.22. The number of nitrogens with one attached hydrogen (secondary N) is 4. The van der Waals surface area contributed by atoms with E-state index in [0.29, 0.717) is 24.6 Å². The summed E-state index contributed by atoms with van der Waals surface area (Å²) in [6.07, 6.45) is 3.00. The lowest BCUT2D eigenvalue weighted by Gasteiger charge is -2.31. The van der Waals surface area contributed by atoms with E-state index in [-0.39, 0.29) is 12.5 Å². The van der Waals surface area contributed by atoms with Crippen molar-refractivity contribution in [2.24, 2.45) is 17.3 Å². The van der Waals surface area contributed by atoms with E-state index in [0.717, 1.165) is 25.8 Å². The van der Waals surface area contributed by atoms with Crippen LogP contribution in [0.15, 0.2) is 30.3 Å². The van der Waals surface area contributed by atoms with Crippen molar-refractivity contribution in [3.05, 3.63) is 35.9 Å². The Morgan fingerprint density at radius 2 is 1.58 bits per heavy atom. The zero-order valence-electron chi connectivity index (χ0n) is 28.1. The van der Waals surface area contributed by atoms with E-state index in [1.54, 1.807) is 69.9 Å². The number of amides is 5. The van der Waals surface area contributed by atoms with Crippen LogP contribution in [0.5, 0.6) is 0 Å². The van der Waals surface area contributed by atoms with Crippen LogP contribution in [0.2, 0.25) is 0 Å². The number of carbonyl (C=O) groups is 6. The molecule has 2 rings (SSSR count). The summed E-state index contributed by atoms with van der Waals surface area (Å²) in [6.45, 7) is 12.1. The van der Waals surface area contributed by atoms with Gasteiger partial charge in [-0.15, -0.1) is 0 Å². The maximum Gasteiger partial charge on any atom is 0.290 e. The summed E-state index contributed by atoms with van der Waals surface area (Å²) >= 11 is 0. The smallest absolute Gasteiger partial charge is 0.290 e. The molecule has 5 amide bonds. The van der Waals surface area contributed by atoms with Gasteiger partial charge in [0.1, 0.15) is 12.1 Å². The average Bonchev–Trinajstić information content (AvgIpc) is 3.45. The second-order valence-corrected chi connectivity index (χ2v) is 13.6. The number of benzene rings is 1. The summed E-state index contributed by atoms with van der Waals surface area (Å²) in [5, 5.41) is 10.4. The highest BCUT2D eigenvalue weighted by Gasteiger charge is 2.36. The number of hydrogen-bond donors (Lipinski definition) is 4. The lowest BCUT2D eigenvalue weighted by Crippen LogP contribution is -2.59. The van der Waals surface area contributed by atoms with Crippen LogP contribution in [0.1, 0.15) is 71.2 Å². The van der Waals surface area contributed by atoms with Gasteiger partial charge in [0.25, 0.3) is 11.8 Å². The van der Waals surface area contributed by atoms with Gasteiger partial charge >= 0.3 is 0 Å². The van der Waals surface area contributed by atoms with Crippen LogP contribution in [0, 0.1) is 17.3 Å². The summed E-state index contributed by atoms with van der Waals surface area (Å²) in [4.78, 5) is 81.3. The second-order valence-electron chi connectivity index (χ2n) is 13.6. The second kappa shape index (κ2) is 17.0. The fraction of sp³-hybridized carbons (Fsp3) is 0.636. The van der Waals surface area contributed by atoms with E-state index >= 15 is 0 Å². The Morgan fingerprint density at radius 3 is 2.16 bits per heavy atom. The molecule has 1 aromatic carbocycles. The number of ketones is 1. The zero-order chi connectivity index (χ0) is 33.9. The first kappa shape index (κ1) is 37.4. The van der Waals surface area contributed by atoms with Gasteiger partial charge in [-0.05, 0) is 76.2 Å². The van der Waals surface area contributed by atoms with Crippen molar-refractivity contribution in [1.82, 2.24) is 31.1 Å². The molecule has 1 aliphatic rings. The number of rotatable bonds is 15. The van der Waals surface area contributed by atoms with Gasteiger partial charge in [-0.25, -0.2) is 0 Å². The van der Waals surface area contributed by atoms with Gasteiger partial charge in [-0.3, -0.25) is 28.8 Å². The van der Waals surface area contributed by atoms with Gasteiger partial charge in [0.2, 0.25) is 23.5 Å². The van der Waals surface area contributed by atoms with Crippen molar-refractivity contribution in [3.63, 3.8) is 0 Å². The summed E-state index contributed by atoms with van der Waals surface area (Å²) in [6, 6.07) is 5.27. The Bertz CT molecular complexity index is 1200. The van der Waals surface area contributed by atoms with Crippen molar-refractivity contribution in [3.8, 4) is 0 Å². The van der Waals surface area contributed by atoms with E-state index in [9.17, 15) is 28.8 Å². The Balaban J connectivity index is 1.92. The molecule has 250 valence electrons. The van der Waals surface area contributed by atoms with E-state index in [4.69, 9.17) is 0 Å². The SMILES string of the molecule is CC(C)[C@H](NC(=O)[C@H](C)NC(=O)[C@@H](NC(=O)c1ccccc1)C(C)(C)C)C(=O)C(=O)NCC(=O)N1CCC(CCCN(C)C)C1. The fourth-order valence-electron chi connectivity index (χ4n) is 5.14. The lowest BCUT2D eigenvalue weighted by atomic mass is 9.85. The van der Waals surface area contributed by atoms with Crippen molar-refractivity contribution in [2.45, 2.75) is 78.9 Å². The molecule has 0 spiro atoms. The van der Waals surface area contributed by atoms with Crippen molar-refractivity contribution in [1.29, 1.82) is 0 Å². The van der Waals surface area contributed by atoms with Gasteiger partial charge in [-0.2, -0.15) is 0 Å². The molecule has 1 aromatic rings. The quantitative estimate of drug-likeness (QED) is 0.214. The summed E-state index contributed by atoms with van der Waals surface area (Å²) < 4.78 is 0. The molecule has 4 atom stereocenters. The first-order valence-electron chi connectivity index (χ1n) is 15.7. The van der Waals surface area contributed by atoms with Crippen LogP contribution in [0.3, 0.4) is 0 Å². The molecule has 1 saturated heterocycles. The first-order valence-corrected chi connectivity index (χ1v) is 15.7. The van der Waals surface area contributed by atoms with Crippen molar-refractivity contribution >= 4 is 35.3 Å². The van der Waals surface area contributed by atoms with E-state index < -0.39 is 58.9 Å². The molecular weight excluding hydrogens is 576 g/mol. The predicted octanol–water partition coefficient (Wildman–Crippen LogP) is 1.35.